The van der Waals surface area contributed by atoms with Crippen molar-refractivity contribution in [3.8, 4) is 11.5 Å². The Morgan fingerprint density at radius 1 is 1.23 bits per heavy atom. The lowest BCUT2D eigenvalue weighted by molar-refractivity contribution is -0.119. The first-order valence-electron chi connectivity index (χ1n) is 11.3. The van der Waals surface area contributed by atoms with E-state index in [0.717, 1.165) is 32.7 Å². The Labute approximate surface area is 215 Å². The summed E-state index contributed by atoms with van der Waals surface area (Å²) in [5.74, 6) is 1.06. The summed E-state index contributed by atoms with van der Waals surface area (Å²) in [6, 6.07) is 6.73. The molecule has 0 radical (unpaired) electrons. The monoisotopic (exact) mass is 566 g/mol. The molecule has 3 aromatic rings. The minimum Gasteiger partial charge on any atom is -0.493 e. The smallest absolute Gasteiger partial charge is 0.163 e. The molecule has 0 aliphatic carbocycles. The molecule has 0 spiro atoms. The Balaban J connectivity index is 1.30. The molecule has 186 valence electrons. The SMILES string of the molecule is COc1cc2c(Nc3cc(Cl)c(Br)cc3F)ncnc2cc1OCC[C@H]1CN2CCOC[C@H]2CO1. The van der Waals surface area contributed by atoms with Crippen LogP contribution in [0.25, 0.3) is 10.9 Å². The summed E-state index contributed by atoms with van der Waals surface area (Å²) in [6.07, 6.45) is 2.28. The second kappa shape index (κ2) is 10.8. The molecule has 2 saturated heterocycles. The minimum absolute atomic E-state index is 0.113. The highest BCUT2D eigenvalue weighted by Crippen LogP contribution is 2.36. The van der Waals surface area contributed by atoms with Crippen molar-refractivity contribution in [2.45, 2.75) is 18.6 Å². The van der Waals surface area contributed by atoms with Crippen LogP contribution in [0.5, 0.6) is 11.5 Å². The first kappa shape index (κ1) is 24.5. The number of ether oxygens (including phenoxy) is 4. The number of anilines is 2. The Bertz CT molecular complexity index is 1220. The Hall–Kier alpha value is -2.24. The van der Waals surface area contributed by atoms with Crippen LogP contribution in [0.3, 0.4) is 0 Å². The molecule has 0 saturated carbocycles. The molecular formula is C24H25BrClFN4O4. The van der Waals surface area contributed by atoms with E-state index in [9.17, 15) is 4.39 Å². The summed E-state index contributed by atoms with van der Waals surface area (Å²) in [4.78, 5) is 11.1. The molecule has 2 fully saturated rings. The Morgan fingerprint density at radius 3 is 2.97 bits per heavy atom. The van der Waals surface area contributed by atoms with Gasteiger partial charge in [0.1, 0.15) is 18.0 Å². The van der Waals surface area contributed by atoms with E-state index in [1.807, 2.05) is 0 Å². The molecule has 0 amide bonds. The lowest BCUT2D eigenvalue weighted by Crippen LogP contribution is -2.55. The minimum atomic E-state index is -0.465. The van der Waals surface area contributed by atoms with Gasteiger partial charge in [0.15, 0.2) is 11.5 Å². The van der Waals surface area contributed by atoms with Crippen LogP contribution in [0.15, 0.2) is 35.1 Å². The summed E-state index contributed by atoms with van der Waals surface area (Å²) in [5, 5.41) is 4.04. The summed E-state index contributed by atoms with van der Waals surface area (Å²) >= 11 is 9.36. The maximum Gasteiger partial charge on any atom is 0.163 e. The second-order valence-electron chi connectivity index (χ2n) is 8.43. The molecule has 8 nitrogen and oxygen atoms in total. The lowest BCUT2D eigenvalue weighted by atomic mass is 10.1. The number of rotatable bonds is 7. The normalized spacial score (nSPS) is 20.5. The number of hydrogen-bond acceptors (Lipinski definition) is 8. The predicted octanol–water partition coefficient (Wildman–Crippen LogP) is 4.81. The summed E-state index contributed by atoms with van der Waals surface area (Å²) in [6.45, 7) is 4.48. The molecule has 2 aliphatic rings. The zero-order chi connectivity index (χ0) is 24.4. The highest BCUT2D eigenvalue weighted by molar-refractivity contribution is 9.10. The average Bonchev–Trinajstić information content (AvgIpc) is 2.87. The van der Waals surface area contributed by atoms with Gasteiger partial charge in [0.05, 0.1) is 61.9 Å². The van der Waals surface area contributed by atoms with Crippen molar-refractivity contribution in [2.75, 3.05) is 51.9 Å². The lowest BCUT2D eigenvalue weighted by Gasteiger charge is -2.42. The highest BCUT2D eigenvalue weighted by atomic mass is 79.9. The number of aromatic nitrogens is 2. The number of halogens is 3. The molecule has 0 unspecified atom stereocenters. The molecule has 0 bridgehead atoms. The van der Waals surface area contributed by atoms with Gasteiger partial charge in [-0.05, 0) is 34.1 Å². The van der Waals surface area contributed by atoms with Crippen molar-refractivity contribution in [1.29, 1.82) is 0 Å². The van der Waals surface area contributed by atoms with Gasteiger partial charge in [-0.2, -0.15) is 0 Å². The maximum absolute atomic E-state index is 14.5. The van der Waals surface area contributed by atoms with Crippen LogP contribution >= 0.6 is 27.5 Å². The second-order valence-corrected chi connectivity index (χ2v) is 9.69. The fraction of sp³-hybridized carbons (Fsp3) is 0.417. The van der Waals surface area contributed by atoms with Crippen molar-refractivity contribution >= 4 is 49.9 Å². The molecule has 2 atom stereocenters. The van der Waals surface area contributed by atoms with E-state index >= 15 is 0 Å². The van der Waals surface area contributed by atoms with Crippen LogP contribution < -0.4 is 14.8 Å². The zero-order valence-corrected chi connectivity index (χ0v) is 21.4. The summed E-state index contributed by atoms with van der Waals surface area (Å²) in [5.41, 5.74) is 0.833. The van der Waals surface area contributed by atoms with Crippen LogP contribution in [0, 0.1) is 5.82 Å². The number of fused-ring (bicyclic) bond motifs is 2. The van der Waals surface area contributed by atoms with Gasteiger partial charge in [-0.15, -0.1) is 0 Å². The van der Waals surface area contributed by atoms with E-state index in [1.165, 1.54) is 18.5 Å². The van der Waals surface area contributed by atoms with Gasteiger partial charge in [-0.1, -0.05) is 11.6 Å². The zero-order valence-electron chi connectivity index (χ0n) is 19.1. The average molecular weight is 568 g/mol. The van der Waals surface area contributed by atoms with Gasteiger partial charge in [-0.25, -0.2) is 14.4 Å². The highest BCUT2D eigenvalue weighted by Gasteiger charge is 2.31. The van der Waals surface area contributed by atoms with E-state index in [1.54, 1.807) is 19.2 Å². The van der Waals surface area contributed by atoms with Crippen molar-refractivity contribution in [3.05, 3.63) is 45.9 Å². The molecular weight excluding hydrogens is 543 g/mol. The number of nitrogens with zero attached hydrogens (tertiary/aromatic N) is 3. The van der Waals surface area contributed by atoms with Gasteiger partial charge in [0.25, 0.3) is 0 Å². The predicted molar refractivity (Wildman–Crippen MR) is 135 cm³/mol. The van der Waals surface area contributed by atoms with E-state index in [4.69, 9.17) is 30.5 Å². The fourth-order valence-electron chi connectivity index (χ4n) is 4.30. The van der Waals surface area contributed by atoms with E-state index < -0.39 is 5.82 Å². The molecule has 2 aromatic carbocycles. The largest absolute Gasteiger partial charge is 0.493 e. The number of methoxy groups -OCH3 is 1. The van der Waals surface area contributed by atoms with Gasteiger partial charge < -0.3 is 24.3 Å². The third-order valence-electron chi connectivity index (χ3n) is 6.19. The topological polar surface area (TPSA) is 78.0 Å². The maximum atomic E-state index is 14.5. The van der Waals surface area contributed by atoms with Crippen LogP contribution in [0.4, 0.5) is 15.9 Å². The van der Waals surface area contributed by atoms with Gasteiger partial charge in [0.2, 0.25) is 0 Å². The fourth-order valence-corrected chi connectivity index (χ4v) is 4.78. The van der Waals surface area contributed by atoms with Crippen molar-refractivity contribution in [2.24, 2.45) is 0 Å². The third kappa shape index (κ3) is 5.46. The van der Waals surface area contributed by atoms with Gasteiger partial charge in [-0.3, -0.25) is 4.90 Å². The van der Waals surface area contributed by atoms with E-state index in [0.29, 0.717) is 57.0 Å². The van der Waals surface area contributed by atoms with Gasteiger partial charge in [0, 0.05) is 35.4 Å². The Morgan fingerprint density at radius 2 is 2.11 bits per heavy atom. The Kier molecular flexibility index (Phi) is 7.54. The molecule has 1 N–H and O–H groups in total. The first-order chi connectivity index (χ1) is 17.0. The summed E-state index contributed by atoms with van der Waals surface area (Å²) < 4.78 is 38.1. The standard InChI is InChI=1S/C24H25BrClFN4O4/c1-32-22-6-16-20(28-13-29-24(16)30-21-8-18(26)17(25)7-19(21)27)9-23(22)34-4-2-15-10-31-3-5-33-11-14(31)12-35-15/h6-9,13-15H,2-5,10-12H2,1H3,(H,28,29,30)/t14-,15-/m0/s1. The van der Waals surface area contributed by atoms with Crippen molar-refractivity contribution < 1.29 is 23.3 Å². The molecule has 35 heavy (non-hydrogen) atoms. The number of morpholine rings is 2. The van der Waals surface area contributed by atoms with Crippen LogP contribution in [-0.4, -0.2) is 73.6 Å². The molecule has 11 heteroatoms. The van der Waals surface area contributed by atoms with E-state index in [-0.39, 0.29) is 11.8 Å². The number of benzene rings is 2. The third-order valence-corrected chi connectivity index (χ3v) is 7.39. The molecule has 2 aliphatic heterocycles. The quantitative estimate of drug-likeness (QED) is 0.408. The van der Waals surface area contributed by atoms with E-state index in [2.05, 4.69) is 36.1 Å². The number of nitrogens with one attached hydrogen (secondary N) is 1. The molecule has 1 aromatic heterocycles. The first-order valence-corrected chi connectivity index (χ1v) is 12.5. The van der Waals surface area contributed by atoms with Crippen molar-refractivity contribution in [3.63, 3.8) is 0 Å². The number of hydrogen-bond donors (Lipinski definition) is 1. The molecule has 3 heterocycles. The van der Waals surface area contributed by atoms with Crippen LogP contribution in [0.2, 0.25) is 5.02 Å². The van der Waals surface area contributed by atoms with Crippen LogP contribution in [0.1, 0.15) is 6.42 Å². The van der Waals surface area contributed by atoms with Gasteiger partial charge >= 0.3 is 0 Å². The summed E-state index contributed by atoms with van der Waals surface area (Å²) in [7, 11) is 1.57. The van der Waals surface area contributed by atoms with Crippen molar-refractivity contribution in [1.82, 2.24) is 14.9 Å². The molecule has 5 rings (SSSR count). The van der Waals surface area contributed by atoms with Crippen LogP contribution in [-0.2, 0) is 9.47 Å².